The lowest BCUT2D eigenvalue weighted by molar-refractivity contribution is -0.145. The predicted molar refractivity (Wildman–Crippen MR) is 177 cm³/mol. The molecule has 3 unspecified atom stereocenters. The van der Waals surface area contributed by atoms with Crippen molar-refractivity contribution in [3.8, 4) is 0 Å². The molecule has 1 aliphatic carbocycles. The van der Waals surface area contributed by atoms with Gasteiger partial charge >= 0.3 is 6.09 Å². The van der Waals surface area contributed by atoms with E-state index in [-0.39, 0.29) is 30.3 Å². The standard InChI is InChI=1S/C37H55N3O4/c1-25(2)19-21-28(5)40(35(42)32(24-29-15-11-9-12-16-29)39-36(43)44-37(6,7)8)33(31-22-20-26(3)23-27(31)4)34(41)38-30-17-13-10-14-18-30/h9,11-12,15-16,20,22-23,25,28,30,32-33H,10,13-14,17-19,21,24H2,1-8H3,(H,38,41)(H,39,43). The number of nitrogens with zero attached hydrogens (tertiary/aromatic N) is 1. The summed E-state index contributed by atoms with van der Waals surface area (Å²) >= 11 is 0. The Bertz CT molecular complexity index is 1230. The average molecular weight is 606 g/mol. The van der Waals surface area contributed by atoms with Gasteiger partial charge in [-0.15, -0.1) is 0 Å². The maximum absolute atomic E-state index is 14.9. The maximum atomic E-state index is 14.9. The number of aryl methyl sites for hydroxylation is 2. The molecule has 242 valence electrons. The van der Waals surface area contributed by atoms with E-state index in [1.54, 1.807) is 25.7 Å². The molecule has 1 saturated carbocycles. The molecule has 3 rings (SSSR count). The van der Waals surface area contributed by atoms with Gasteiger partial charge in [0.2, 0.25) is 11.8 Å². The first-order chi connectivity index (χ1) is 20.7. The van der Waals surface area contributed by atoms with Gasteiger partial charge in [-0.1, -0.05) is 87.2 Å². The third kappa shape index (κ3) is 10.7. The van der Waals surface area contributed by atoms with Gasteiger partial charge in [-0.3, -0.25) is 9.59 Å². The lowest BCUT2D eigenvalue weighted by Gasteiger charge is -2.40. The quantitative estimate of drug-likeness (QED) is 0.261. The summed E-state index contributed by atoms with van der Waals surface area (Å²) in [6, 6.07) is 13.8. The van der Waals surface area contributed by atoms with Crippen molar-refractivity contribution in [3.63, 3.8) is 0 Å². The van der Waals surface area contributed by atoms with Crippen molar-refractivity contribution in [2.45, 2.75) is 137 Å². The molecule has 3 amide bonds. The van der Waals surface area contributed by atoms with Gasteiger partial charge in [0.05, 0.1) is 0 Å². The van der Waals surface area contributed by atoms with E-state index in [2.05, 4.69) is 30.5 Å². The van der Waals surface area contributed by atoms with Crippen LogP contribution in [0.25, 0.3) is 0 Å². The number of ether oxygens (including phenoxy) is 1. The van der Waals surface area contributed by atoms with Crippen molar-refractivity contribution >= 4 is 17.9 Å². The predicted octanol–water partition coefficient (Wildman–Crippen LogP) is 7.58. The molecule has 3 atom stereocenters. The summed E-state index contributed by atoms with van der Waals surface area (Å²) in [4.78, 5) is 44.2. The normalized spacial score (nSPS) is 16.1. The SMILES string of the molecule is Cc1ccc(C(C(=O)NC2CCCCC2)N(C(=O)C(Cc2ccccc2)NC(=O)OC(C)(C)C)C(C)CCC(C)C)c(C)c1. The number of rotatable bonds is 12. The van der Waals surface area contributed by atoms with Crippen LogP contribution in [0.3, 0.4) is 0 Å². The van der Waals surface area contributed by atoms with Crippen LogP contribution in [0.2, 0.25) is 0 Å². The first kappa shape index (κ1) is 35.1. The molecule has 2 N–H and O–H groups in total. The van der Waals surface area contributed by atoms with Crippen molar-refractivity contribution < 1.29 is 19.1 Å². The van der Waals surface area contributed by atoms with E-state index in [1.807, 2.05) is 63.2 Å². The molecule has 0 bridgehead atoms. The topological polar surface area (TPSA) is 87.7 Å². The van der Waals surface area contributed by atoms with Crippen LogP contribution in [0.15, 0.2) is 48.5 Å². The molecule has 2 aromatic carbocycles. The fourth-order valence-corrected chi connectivity index (χ4v) is 6.07. The Kier molecular flexibility index (Phi) is 12.9. The molecule has 0 spiro atoms. The van der Waals surface area contributed by atoms with Crippen LogP contribution in [-0.2, 0) is 20.7 Å². The Morgan fingerprint density at radius 3 is 2.18 bits per heavy atom. The lowest BCUT2D eigenvalue weighted by Crippen LogP contribution is -2.57. The van der Waals surface area contributed by atoms with Gasteiger partial charge in [0.1, 0.15) is 17.7 Å². The van der Waals surface area contributed by atoms with Crippen molar-refractivity contribution in [1.82, 2.24) is 15.5 Å². The van der Waals surface area contributed by atoms with Crippen molar-refractivity contribution in [1.29, 1.82) is 0 Å². The molecule has 44 heavy (non-hydrogen) atoms. The first-order valence-corrected chi connectivity index (χ1v) is 16.5. The number of nitrogens with one attached hydrogen (secondary N) is 2. The molecule has 0 aliphatic heterocycles. The first-order valence-electron chi connectivity index (χ1n) is 16.5. The minimum Gasteiger partial charge on any atom is -0.444 e. The third-order valence-corrected chi connectivity index (χ3v) is 8.36. The maximum Gasteiger partial charge on any atom is 0.408 e. The molecule has 0 radical (unpaired) electrons. The van der Waals surface area contributed by atoms with Gasteiger partial charge in [-0.25, -0.2) is 4.79 Å². The van der Waals surface area contributed by atoms with Gasteiger partial charge in [0.25, 0.3) is 0 Å². The molecule has 1 aliphatic rings. The second kappa shape index (κ2) is 16.1. The monoisotopic (exact) mass is 605 g/mol. The Labute approximate surface area is 265 Å². The highest BCUT2D eigenvalue weighted by molar-refractivity contribution is 5.93. The Morgan fingerprint density at radius 1 is 0.932 bits per heavy atom. The van der Waals surface area contributed by atoms with E-state index in [9.17, 15) is 14.4 Å². The second-order valence-corrected chi connectivity index (χ2v) is 14.1. The number of alkyl carbamates (subject to hydrolysis) is 1. The van der Waals surface area contributed by atoms with E-state index < -0.39 is 23.8 Å². The molecular weight excluding hydrogens is 550 g/mol. The van der Waals surface area contributed by atoms with Crippen LogP contribution in [0.1, 0.15) is 115 Å². The summed E-state index contributed by atoms with van der Waals surface area (Å²) in [5.74, 6) is -0.0194. The molecule has 0 aromatic heterocycles. The fraction of sp³-hybridized carbons (Fsp3) is 0.595. The zero-order chi connectivity index (χ0) is 32.4. The summed E-state index contributed by atoms with van der Waals surface area (Å²) in [6.45, 7) is 15.8. The molecule has 7 nitrogen and oxygen atoms in total. The summed E-state index contributed by atoms with van der Waals surface area (Å²) < 4.78 is 5.60. The Hall–Kier alpha value is -3.35. The summed E-state index contributed by atoms with van der Waals surface area (Å²) in [7, 11) is 0. The largest absolute Gasteiger partial charge is 0.444 e. The van der Waals surface area contributed by atoms with Gasteiger partial charge in [-0.2, -0.15) is 0 Å². The van der Waals surface area contributed by atoms with E-state index >= 15 is 0 Å². The van der Waals surface area contributed by atoms with E-state index in [0.29, 0.717) is 5.92 Å². The number of hydrogen-bond donors (Lipinski definition) is 2. The molecule has 2 aromatic rings. The zero-order valence-electron chi connectivity index (χ0n) is 28.2. The number of carbonyl (C=O) groups excluding carboxylic acids is 3. The smallest absolute Gasteiger partial charge is 0.408 e. The number of benzene rings is 2. The van der Waals surface area contributed by atoms with Gasteiger partial charge < -0.3 is 20.3 Å². The number of amides is 3. The second-order valence-electron chi connectivity index (χ2n) is 14.1. The summed E-state index contributed by atoms with van der Waals surface area (Å²) in [5.41, 5.74) is 3.05. The molecule has 0 heterocycles. The minimum absolute atomic E-state index is 0.0902. The Balaban J connectivity index is 2.11. The average Bonchev–Trinajstić information content (AvgIpc) is 2.94. The van der Waals surface area contributed by atoms with Crippen LogP contribution in [0, 0.1) is 19.8 Å². The number of carbonyl (C=O) groups is 3. The lowest BCUT2D eigenvalue weighted by atomic mass is 9.91. The van der Waals surface area contributed by atoms with Crippen molar-refractivity contribution in [3.05, 3.63) is 70.8 Å². The summed E-state index contributed by atoms with van der Waals surface area (Å²) in [6.07, 6.45) is 6.49. The molecular formula is C37H55N3O4. The molecule has 7 heteroatoms. The van der Waals surface area contributed by atoms with E-state index in [1.165, 1.54) is 6.42 Å². The van der Waals surface area contributed by atoms with Crippen LogP contribution < -0.4 is 10.6 Å². The van der Waals surface area contributed by atoms with Crippen LogP contribution >= 0.6 is 0 Å². The van der Waals surface area contributed by atoms with Gasteiger partial charge in [0, 0.05) is 18.5 Å². The Morgan fingerprint density at radius 2 is 1.59 bits per heavy atom. The van der Waals surface area contributed by atoms with Crippen LogP contribution in [-0.4, -0.2) is 46.5 Å². The number of hydrogen-bond acceptors (Lipinski definition) is 4. The molecule has 1 fully saturated rings. The van der Waals surface area contributed by atoms with E-state index in [4.69, 9.17) is 4.74 Å². The summed E-state index contributed by atoms with van der Waals surface area (Å²) in [5, 5.41) is 6.22. The minimum atomic E-state index is -0.926. The highest BCUT2D eigenvalue weighted by Gasteiger charge is 2.40. The third-order valence-electron chi connectivity index (χ3n) is 8.36. The highest BCUT2D eigenvalue weighted by atomic mass is 16.6. The van der Waals surface area contributed by atoms with Crippen molar-refractivity contribution in [2.75, 3.05) is 0 Å². The van der Waals surface area contributed by atoms with Gasteiger partial charge in [0.15, 0.2) is 0 Å². The highest BCUT2D eigenvalue weighted by Crippen LogP contribution is 2.31. The van der Waals surface area contributed by atoms with E-state index in [0.717, 1.165) is 60.8 Å². The van der Waals surface area contributed by atoms with Crippen LogP contribution in [0.4, 0.5) is 4.79 Å². The zero-order valence-corrected chi connectivity index (χ0v) is 28.2. The van der Waals surface area contributed by atoms with Gasteiger partial charge in [-0.05, 0) is 89.8 Å². The van der Waals surface area contributed by atoms with Crippen LogP contribution in [0.5, 0.6) is 0 Å². The fourth-order valence-electron chi connectivity index (χ4n) is 6.07. The van der Waals surface area contributed by atoms with Crippen molar-refractivity contribution in [2.24, 2.45) is 5.92 Å². The molecule has 0 saturated heterocycles.